The average Bonchev–Trinajstić information content (AvgIpc) is 3.38. The molecule has 0 saturated carbocycles. The quantitative estimate of drug-likeness (QED) is 0.546. The lowest BCUT2D eigenvalue weighted by Crippen LogP contribution is -2.19. The van der Waals surface area contributed by atoms with Crippen molar-refractivity contribution >= 4 is 34.4 Å². The molecule has 4 aromatic rings. The molecule has 0 aliphatic carbocycles. The molecule has 148 valence electrons. The first-order valence-corrected chi connectivity index (χ1v) is 9.59. The Hall–Kier alpha value is -3.04. The molecule has 5 rings (SSSR count). The lowest BCUT2D eigenvalue weighted by Gasteiger charge is -2.22. The van der Waals surface area contributed by atoms with Crippen LogP contribution in [0.2, 0.25) is 5.02 Å². The van der Waals surface area contributed by atoms with Crippen LogP contribution in [0.25, 0.3) is 16.9 Å². The highest BCUT2D eigenvalue weighted by molar-refractivity contribution is 6.30. The molecular formula is C19H17ClFN7O. The summed E-state index contributed by atoms with van der Waals surface area (Å²) in [7, 11) is 0. The molecule has 4 heterocycles. The fraction of sp³-hybridized carbons (Fsp3) is 0.263. The number of rotatable bonds is 4. The van der Waals surface area contributed by atoms with Crippen LogP contribution in [0, 0.1) is 5.82 Å². The summed E-state index contributed by atoms with van der Waals surface area (Å²) in [5.74, 6) is -0.0980. The van der Waals surface area contributed by atoms with Crippen LogP contribution in [0.5, 0.6) is 0 Å². The number of nitrogens with one attached hydrogen (secondary N) is 1. The summed E-state index contributed by atoms with van der Waals surface area (Å²) in [5.41, 5.74) is 2.52. The lowest BCUT2D eigenvalue weighted by molar-refractivity contribution is 0.0662. The summed E-state index contributed by atoms with van der Waals surface area (Å²) in [4.78, 5) is 13.1. The van der Waals surface area contributed by atoms with Crippen LogP contribution < -0.4 is 5.32 Å². The molecule has 0 atom stereocenters. The average molecular weight is 414 g/mol. The van der Waals surface area contributed by atoms with E-state index in [0.717, 1.165) is 31.7 Å². The van der Waals surface area contributed by atoms with Gasteiger partial charge in [-0.3, -0.25) is 9.25 Å². The number of hydrogen-bond donors (Lipinski definition) is 1. The predicted octanol–water partition coefficient (Wildman–Crippen LogP) is 3.90. The van der Waals surface area contributed by atoms with Crippen molar-refractivity contribution in [2.45, 2.75) is 18.9 Å². The van der Waals surface area contributed by atoms with Crippen LogP contribution in [0.1, 0.15) is 18.9 Å². The normalized spacial score (nSPS) is 15.1. The molecule has 1 aliphatic rings. The van der Waals surface area contributed by atoms with Crippen LogP contribution in [0.4, 0.5) is 16.0 Å². The summed E-state index contributed by atoms with van der Waals surface area (Å²) >= 11 is 5.78. The van der Waals surface area contributed by atoms with Gasteiger partial charge in [-0.15, -0.1) is 0 Å². The van der Waals surface area contributed by atoms with Gasteiger partial charge in [-0.25, -0.2) is 14.4 Å². The second kappa shape index (κ2) is 7.41. The third-order valence-corrected chi connectivity index (χ3v) is 5.20. The van der Waals surface area contributed by atoms with Crippen molar-refractivity contribution in [1.82, 2.24) is 29.3 Å². The SMILES string of the molecule is Fc1cc(-n2cnc3cnc(Nc4cnn(C5CCOCC5)c4)nc32)ccc1Cl. The minimum absolute atomic E-state index is 0.0664. The maximum atomic E-state index is 13.9. The highest BCUT2D eigenvalue weighted by atomic mass is 35.5. The van der Waals surface area contributed by atoms with Gasteiger partial charge in [0.05, 0.1) is 34.8 Å². The van der Waals surface area contributed by atoms with Gasteiger partial charge >= 0.3 is 0 Å². The Morgan fingerprint density at radius 3 is 2.86 bits per heavy atom. The van der Waals surface area contributed by atoms with Gasteiger partial charge in [0.2, 0.25) is 5.95 Å². The number of ether oxygens (including phenoxy) is 1. The zero-order valence-corrected chi connectivity index (χ0v) is 16.1. The second-order valence-electron chi connectivity index (χ2n) is 6.79. The van der Waals surface area contributed by atoms with E-state index in [0.29, 0.717) is 28.8 Å². The number of nitrogens with zero attached hydrogens (tertiary/aromatic N) is 6. The Morgan fingerprint density at radius 1 is 1.17 bits per heavy atom. The predicted molar refractivity (Wildman–Crippen MR) is 106 cm³/mol. The molecule has 1 fully saturated rings. The van der Waals surface area contributed by atoms with Gasteiger partial charge in [-0.1, -0.05) is 11.6 Å². The minimum Gasteiger partial charge on any atom is -0.381 e. The maximum Gasteiger partial charge on any atom is 0.229 e. The summed E-state index contributed by atoms with van der Waals surface area (Å²) < 4.78 is 22.9. The third kappa shape index (κ3) is 3.54. The maximum absolute atomic E-state index is 13.9. The lowest BCUT2D eigenvalue weighted by atomic mass is 10.1. The van der Waals surface area contributed by atoms with Crippen LogP contribution in [0.15, 0.2) is 43.1 Å². The Labute approximate surface area is 170 Å². The van der Waals surface area contributed by atoms with Crippen LogP contribution >= 0.6 is 11.6 Å². The number of halogens is 2. The minimum atomic E-state index is -0.501. The smallest absolute Gasteiger partial charge is 0.229 e. The molecule has 0 radical (unpaired) electrons. The van der Waals surface area contributed by atoms with Crippen molar-refractivity contribution in [2.24, 2.45) is 0 Å². The highest BCUT2D eigenvalue weighted by Gasteiger charge is 2.17. The van der Waals surface area contributed by atoms with Gasteiger partial charge in [0.15, 0.2) is 5.65 Å². The summed E-state index contributed by atoms with van der Waals surface area (Å²) in [6.07, 6.45) is 8.77. The molecule has 1 aliphatic heterocycles. The molecule has 0 unspecified atom stereocenters. The molecule has 1 aromatic carbocycles. The van der Waals surface area contributed by atoms with Gasteiger partial charge in [0.25, 0.3) is 0 Å². The van der Waals surface area contributed by atoms with Crippen molar-refractivity contribution < 1.29 is 9.13 Å². The molecule has 3 aromatic heterocycles. The van der Waals surface area contributed by atoms with Crippen molar-refractivity contribution in [3.05, 3.63) is 54.0 Å². The fourth-order valence-electron chi connectivity index (χ4n) is 3.37. The van der Waals surface area contributed by atoms with Crippen molar-refractivity contribution in [1.29, 1.82) is 0 Å². The zero-order valence-electron chi connectivity index (χ0n) is 15.3. The van der Waals surface area contributed by atoms with E-state index in [1.807, 2.05) is 10.9 Å². The van der Waals surface area contributed by atoms with E-state index >= 15 is 0 Å². The van der Waals surface area contributed by atoms with E-state index in [2.05, 4.69) is 25.4 Å². The van der Waals surface area contributed by atoms with E-state index < -0.39 is 5.82 Å². The zero-order chi connectivity index (χ0) is 19.8. The Morgan fingerprint density at radius 2 is 2.03 bits per heavy atom. The molecule has 8 nitrogen and oxygen atoms in total. The van der Waals surface area contributed by atoms with E-state index in [4.69, 9.17) is 16.3 Å². The molecule has 10 heteroatoms. The molecule has 0 amide bonds. The Bertz CT molecular complexity index is 1170. The molecule has 1 saturated heterocycles. The van der Waals surface area contributed by atoms with E-state index in [-0.39, 0.29) is 5.02 Å². The molecular weight excluding hydrogens is 397 g/mol. The standard InChI is InChI=1S/C19H17ClFN7O/c20-15-2-1-14(7-16(15)21)27-11-23-17-9-22-19(26-18(17)27)25-12-8-24-28(10-12)13-3-5-29-6-4-13/h1-2,7-11,13H,3-6H2,(H,22,25,26). The Kier molecular flexibility index (Phi) is 4.61. The highest BCUT2D eigenvalue weighted by Crippen LogP contribution is 2.24. The van der Waals surface area contributed by atoms with E-state index in [1.54, 1.807) is 29.4 Å². The summed E-state index contributed by atoms with van der Waals surface area (Å²) in [6.45, 7) is 1.50. The number of benzene rings is 1. The van der Waals surface area contributed by atoms with Crippen LogP contribution in [-0.2, 0) is 4.74 Å². The van der Waals surface area contributed by atoms with Gasteiger partial charge in [0, 0.05) is 19.4 Å². The van der Waals surface area contributed by atoms with Gasteiger partial charge in [0.1, 0.15) is 17.7 Å². The van der Waals surface area contributed by atoms with Crippen molar-refractivity contribution in [2.75, 3.05) is 18.5 Å². The number of anilines is 2. The van der Waals surface area contributed by atoms with E-state index in [9.17, 15) is 4.39 Å². The second-order valence-corrected chi connectivity index (χ2v) is 7.20. The van der Waals surface area contributed by atoms with Crippen LogP contribution in [-0.4, -0.2) is 42.5 Å². The monoisotopic (exact) mass is 413 g/mol. The Balaban J connectivity index is 1.42. The third-order valence-electron chi connectivity index (χ3n) is 4.89. The first-order chi connectivity index (χ1) is 14.2. The summed E-state index contributed by atoms with van der Waals surface area (Å²) in [6, 6.07) is 4.89. The first-order valence-electron chi connectivity index (χ1n) is 9.22. The molecule has 29 heavy (non-hydrogen) atoms. The first kappa shape index (κ1) is 18.0. The van der Waals surface area contributed by atoms with Gasteiger partial charge in [-0.05, 0) is 31.0 Å². The van der Waals surface area contributed by atoms with Crippen molar-refractivity contribution in [3.8, 4) is 5.69 Å². The van der Waals surface area contributed by atoms with E-state index in [1.165, 1.54) is 12.1 Å². The summed E-state index contributed by atoms with van der Waals surface area (Å²) in [5, 5.41) is 7.68. The number of imidazole rings is 1. The fourth-order valence-corrected chi connectivity index (χ4v) is 3.49. The molecule has 1 N–H and O–H groups in total. The number of hydrogen-bond acceptors (Lipinski definition) is 6. The molecule has 0 spiro atoms. The number of aromatic nitrogens is 6. The van der Waals surface area contributed by atoms with Gasteiger partial charge < -0.3 is 10.1 Å². The largest absolute Gasteiger partial charge is 0.381 e. The van der Waals surface area contributed by atoms with Crippen molar-refractivity contribution in [3.63, 3.8) is 0 Å². The topological polar surface area (TPSA) is 82.7 Å². The van der Waals surface area contributed by atoms with Gasteiger partial charge in [-0.2, -0.15) is 10.1 Å². The molecule has 0 bridgehead atoms. The van der Waals surface area contributed by atoms with Crippen LogP contribution in [0.3, 0.4) is 0 Å². The number of fused-ring (bicyclic) bond motifs is 1.